The van der Waals surface area contributed by atoms with Gasteiger partial charge in [-0.3, -0.25) is 14.5 Å². The van der Waals surface area contributed by atoms with Crippen LogP contribution < -0.4 is 0 Å². The Labute approximate surface area is 195 Å². The minimum Gasteiger partial charge on any atom is -0.465 e. The number of aryl methyl sites for hydroxylation is 2. The predicted octanol–water partition coefficient (Wildman–Crippen LogP) is 3.48. The van der Waals surface area contributed by atoms with E-state index in [1.165, 1.54) is 5.69 Å². The summed E-state index contributed by atoms with van der Waals surface area (Å²) in [5.74, 6) is -0.0730. The number of esters is 1. The number of likely N-dealkylation sites (tertiary alicyclic amines) is 2. The number of hydrogen-bond acceptors (Lipinski definition) is 5. The molecule has 7 heteroatoms. The number of hydrogen-bond donors (Lipinski definition) is 0. The molecule has 1 aromatic carbocycles. The molecule has 1 amide bonds. The van der Waals surface area contributed by atoms with Crippen LogP contribution in [-0.4, -0.2) is 64.6 Å². The average molecular weight is 451 g/mol. The van der Waals surface area contributed by atoms with E-state index in [2.05, 4.69) is 23.6 Å². The van der Waals surface area contributed by atoms with Crippen LogP contribution in [0.4, 0.5) is 0 Å². The second-order valence-corrected chi connectivity index (χ2v) is 9.07. The number of nitriles is 1. The number of amides is 1. The maximum absolute atomic E-state index is 13.2. The number of carbonyl (C=O) groups is 2. The molecule has 0 radical (unpaired) electrons. The lowest BCUT2D eigenvalue weighted by Gasteiger charge is -2.29. The van der Waals surface area contributed by atoms with Gasteiger partial charge in [0, 0.05) is 30.3 Å². The number of rotatable bonds is 8. The van der Waals surface area contributed by atoms with Crippen molar-refractivity contribution < 1.29 is 14.3 Å². The summed E-state index contributed by atoms with van der Waals surface area (Å²) in [7, 11) is 0. The molecule has 0 aliphatic carbocycles. The first-order valence-electron chi connectivity index (χ1n) is 12.3. The first-order chi connectivity index (χ1) is 16.0. The van der Waals surface area contributed by atoms with Gasteiger partial charge in [0.2, 0.25) is 5.91 Å². The molecule has 0 N–H and O–H groups in total. The van der Waals surface area contributed by atoms with Crippen LogP contribution >= 0.6 is 0 Å². The molecule has 0 saturated carbocycles. The second-order valence-electron chi connectivity index (χ2n) is 9.07. The fourth-order valence-corrected chi connectivity index (χ4v) is 5.53. The monoisotopic (exact) mass is 450 g/mol. The summed E-state index contributed by atoms with van der Waals surface area (Å²) in [5, 5.41) is 10.4. The summed E-state index contributed by atoms with van der Waals surface area (Å²) in [5.41, 5.74) is 3.03. The Morgan fingerprint density at radius 2 is 1.97 bits per heavy atom. The molecule has 0 bridgehead atoms. The molecule has 4 rings (SSSR count). The van der Waals surface area contributed by atoms with Crippen LogP contribution in [0, 0.1) is 11.3 Å². The number of carbonyl (C=O) groups excluding carboxylic acids is 2. The molecule has 2 aromatic rings. The van der Waals surface area contributed by atoms with Gasteiger partial charge in [0.1, 0.15) is 6.04 Å². The molecule has 0 spiro atoms. The van der Waals surface area contributed by atoms with E-state index in [4.69, 9.17) is 4.74 Å². The lowest BCUT2D eigenvalue weighted by Crippen LogP contribution is -2.46. The smallest absolute Gasteiger partial charge is 0.323 e. The molecule has 2 aliphatic rings. The molecule has 7 nitrogen and oxygen atoms in total. The number of nitrogens with zero attached hydrogens (tertiary/aromatic N) is 4. The SMILES string of the molecule is CCOC(=O)C1CCCN1CC(=O)N1CCC[C@H]1CCc1cc2ccc(C#N)cc2n1CC. The van der Waals surface area contributed by atoms with Crippen LogP contribution in [0.15, 0.2) is 24.3 Å². The zero-order valence-electron chi connectivity index (χ0n) is 19.8. The first-order valence-corrected chi connectivity index (χ1v) is 12.3. The van der Waals surface area contributed by atoms with Gasteiger partial charge in [-0.15, -0.1) is 0 Å². The van der Waals surface area contributed by atoms with Gasteiger partial charge in [-0.05, 0) is 82.5 Å². The highest BCUT2D eigenvalue weighted by molar-refractivity contribution is 5.83. The van der Waals surface area contributed by atoms with Gasteiger partial charge in [-0.25, -0.2) is 0 Å². The summed E-state index contributed by atoms with van der Waals surface area (Å²) in [6.07, 6.45) is 5.57. The number of fused-ring (bicyclic) bond motifs is 1. The van der Waals surface area contributed by atoms with Crippen molar-refractivity contribution in [2.75, 3.05) is 26.2 Å². The number of benzene rings is 1. The molecule has 176 valence electrons. The third-order valence-electron chi connectivity index (χ3n) is 7.13. The van der Waals surface area contributed by atoms with Crippen LogP contribution in [0.2, 0.25) is 0 Å². The van der Waals surface area contributed by atoms with Crippen molar-refractivity contribution in [2.24, 2.45) is 0 Å². The molecule has 2 aliphatic heterocycles. The standard InChI is InChI=1S/C26H34N4O3/c1-3-29-22(16-20-10-9-19(17-27)15-24(20)29)12-11-21-7-5-14-30(21)25(31)18-28-13-6-8-23(28)26(32)33-4-2/h9-10,15-16,21,23H,3-8,11-14,18H2,1-2H3/t21-,23?/m0/s1. The van der Waals surface area contributed by atoms with Crippen molar-refractivity contribution in [1.29, 1.82) is 5.26 Å². The fraction of sp³-hybridized carbons (Fsp3) is 0.577. The van der Waals surface area contributed by atoms with E-state index in [9.17, 15) is 14.9 Å². The largest absolute Gasteiger partial charge is 0.465 e. The van der Waals surface area contributed by atoms with Crippen molar-refractivity contribution in [2.45, 2.75) is 71.0 Å². The quantitative estimate of drug-likeness (QED) is 0.576. The number of aromatic nitrogens is 1. The third kappa shape index (κ3) is 4.91. The molecule has 2 atom stereocenters. The van der Waals surface area contributed by atoms with E-state index in [0.717, 1.165) is 69.1 Å². The van der Waals surface area contributed by atoms with Gasteiger partial charge in [0.25, 0.3) is 0 Å². The normalized spacial score (nSPS) is 20.9. The van der Waals surface area contributed by atoms with Crippen LogP contribution in [0.25, 0.3) is 10.9 Å². The topological polar surface area (TPSA) is 78.6 Å². The van der Waals surface area contributed by atoms with E-state index < -0.39 is 0 Å². The van der Waals surface area contributed by atoms with Gasteiger partial charge in [-0.2, -0.15) is 5.26 Å². The Morgan fingerprint density at radius 1 is 1.15 bits per heavy atom. The summed E-state index contributed by atoms with van der Waals surface area (Å²) in [6, 6.07) is 10.2. The predicted molar refractivity (Wildman–Crippen MR) is 127 cm³/mol. The highest BCUT2D eigenvalue weighted by atomic mass is 16.5. The highest BCUT2D eigenvalue weighted by Crippen LogP contribution is 2.27. The Kier molecular flexibility index (Phi) is 7.34. The van der Waals surface area contributed by atoms with Crippen molar-refractivity contribution in [3.8, 4) is 6.07 Å². The molecular weight excluding hydrogens is 416 g/mol. The molecule has 2 fully saturated rings. The minimum atomic E-state index is -0.284. The van der Waals surface area contributed by atoms with Gasteiger partial charge in [0.15, 0.2) is 0 Å². The van der Waals surface area contributed by atoms with E-state index in [0.29, 0.717) is 18.7 Å². The molecule has 1 aromatic heterocycles. The second kappa shape index (κ2) is 10.4. The van der Waals surface area contributed by atoms with Crippen LogP contribution in [0.3, 0.4) is 0 Å². The van der Waals surface area contributed by atoms with Crippen molar-refractivity contribution in [1.82, 2.24) is 14.4 Å². The van der Waals surface area contributed by atoms with E-state index >= 15 is 0 Å². The lowest BCUT2D eigenvalue weighted by molar-refractivity contribution is -0.149. The van der Waals surface area contributed by atoms with Gasteiger partial charge in [0.05, 0.1) is 24.8 Å². The molecular formula is C26H34N4O3. The van der Waals surface area contributed by atoms with Crippen LogP contribution in [0.1, 0.15) is 57.2 Å². The summed E-state index contributed by atoms with van der Waals surface area (Å²) >= 11 is 0. The summed E-state index contributed by atoms with van der Waals surface area (Å²) < 4.78 is 7.49. The Balaban J connectivity index is 1.40. The molecule has 1 unspecified atom stereocenters. The number of ether oxygens (including phenoxy) is 1. The van der Waals surface area contributed by atoms with Gasteiger partial charge in [-0.1, -0.05) is 6.07 Å². The highest BCUT2D eigenvalue weighted by Gasteiger charge is 2.36. The molecule has 2 saturated heterocycles. The Hall–Kier alpha value is -2.85. The van der Waals surface area contributed by atoms with E-state index in [1.807, 2.05) is 34.9 Å². The van der Waals surface area contributed by atoms with Crippen molar-refractivity contribution in [3.05, 3.63) is 35.5 Å². The first kappa shape index (κ1) is 23.3. The zero-order valence-corrected chi connectivity index (χ0v) is 19.8. The summed E-state index contributed by atoms with van der Waals surface area (Å²) in [6.45, 7) is 7.04. The fourth-order valence-electron chi connectivity index (χ4n) is 5.53. The lowest BCUT2D eigenvalue weighted by atomic mass is 10.1. The zero-order chi connectivity index (χ0) is 23.4. The van der Waals surface area contributed by atoms with Gasteiger partial charge >= 0.3 is 5.97 Å². The summed E-state index contributed by atoms with van der Waals surface area (Å²) in [4.78, 5) is 29.5. The van der Waals surface area contributed by atoms with E-state index in [-0.39, 0.29) is 24.0 Å². The Morgan fingerprint density at radius 3 is 2.73 bits per heavy atom. The minimum absolute atomic E-state index is 0.128. The third-order valence-corrected chi connectivity index (χ3v) is 7.13. The van der Waals surface area contributed by atoms with Crippen LogP contribution in [0.5, 0.6) is 0 Å². The Bertz CT molecular complexity index is 1050. The van der Waals surface area contributed by atoms with Gasteiger partial charge < -0.3 is 14.2 Å². The maximum atomic E-state index is 13.2. The molecule has 3 heterocycles. The van der Waals surface area contributed by atoms with Crippen LogP contribution in [-0.2, 0) is 27.3 Å². The average Bonchev–Trinajstić information content (AvgIpc) is 3.55. The van der Waals surface area contributed by atoms with Crippen molar-refractivity contribution in [3.63, 3.8) is 0 Å². The maximum Gasteiger partial charge on any atom is 0.323 e. The van der Waals surface area contributed by atoms with E-state index in [1.54, 1.807) is 0 Å². The van der Waals surface area contributed by atoms with Crippen molar-refractivity contribution >= 4 is 22.8 Å². The molecule has 33 heavy (non-hydrogen) atoms.